The standard InChI is InChI=1S/C11H13Cl2NO/c1-11(2,14-10(15)7-12)8-4-3-5-9(13)6-8/h3-6H,7H2,1-2H3,(H,14,15). The molecule has 0 atom stereocenters. The van der Waals surface area contributed by atoms with Crippen molar-refractivity contribution in [2.45, 2.75) is 19.4 Å². The smallest absolute Gasteiger partial charge is 0.235 e. The molecule has 0 radical (unpaired) electrons. The molecule has 4 heteroatoms. The summed E-state index contributed by atoms with van der Waals surface area (Å²) >= 11 is 11.3. The van der Waals surface area contributed by atoms with Crippen LogP contribution in [0.2, 0.25) is 5.02 Å². The van der Waals surface area contributed by atoms with Crippen molar-refractivity contribution in [3.8, 4) is 0 Å². The molecule has 1 amide bonds. The minimum atomic E-state index is -0.461. The number of amides is 1. The maximum atomic E-state index is 11.2. The topological polar surface area (TPSA) is 29.1 Å². The van der Waals surface area contributed by atoms with Crippen molar-refractivity contribution in [1.29, 1.82) is 0 Å². The summed E-state index contributed by atoms with van der Waals surface area (Å²) in [5.74, 6) is -0.231. The third-order valence-corrected chi connectivity index (χ3v) is 2.60. The fourth-order valence-electron chi connectivity index (χ4n) is 1.33. The molecule has 0 aliphatic heterocycles. The SMILES string of the molecule is CC(C)(NC(=O)CCl)c1cccc(Cl)c1. The number of hydrogen-bond acceptors (Lipinski definition) is 1. The van der Waals surface area contributed by atoms with Gasteiger partial charge >= 0.3 is 0 Å². The lowest BCUT2D eigenvalue weighted by Crippen LogP contribution is -2.41. The molecule has 15 heavy (non-hydrogen) atoms. The Morgan fingerprint density at radius 3 is 2.67 bits per heavy atom. The van der Waals surface area contributed by atoms with Crippen LogP contribution in [-0.2, 0) is 10.3 Å². The number of rotatable bonds is 3. The number of benzene rings is 1. The van der Waals surface area contributed by atoms with Gasteiger partial charge in [-0.2, -0.15) is 0 Å². The van der Waals surface area contributed by atoms with Crippen LogP contribution in [0.3, 0.4) is 0 Å². The van der Waals surface area contributed by atoms with Crippen molar-refractivity contribution in [3.63, 3.8) is 0 Å². The largest absolute Gasteiger partial charge is 0.346 e. The zero-order valence-corrected chi connectivity index (χ0v) is 10.2. The van der Waals surface area contributed by atoms with E-state index in [1.165, 1.54) is 0 Å². The van der Waals surface area contributed by atoms with Gasteiger partial charge < -0.3 is 5.32 Å². The number of hydrogen-bond donors (Lipinski definition) is 1. The van der Waals surface area contributed by atoms with Gasteiger partial charge in [-0.05, 0) is 31.5 Å². The van der Waals surface area contributed by atoms with Crippen LogP contribution < -0.4 is 5.32 Å². The van der Waals surface area contributed by atoms with E-state index < -0.39 is 5.54 Å². The second kappa shape index (κ2) is 4.86. The van der Waals surface area contributed by atoms with Crippen LogP contribution in [0.1, 0.15) is 19.4 Å². The van der Waals surface area contributed by atoms with Gasteiger partial charge in [-0.25, -0.2) is 0 Å². The van der Waals surface area contributed by atoms with Crippen molar-refractivity contribution in [3.05, 3.63) is 34.9 Å². The van der Waals surface area contributed by atoms with Gasteiger partial charge in [-0.3, -0.25) is 4.79 Å². The second-order valence-corrected chi connectivity index (χ2v) is 4.52. The van der Waals surface area contributed by atoms with E-state index in [-0.39, 0.29) is 11.8 Å². The number of alkyl halides is 1. The average molecular weight is 246 g/mol. The summed E-state index contributed by atoms with van der Waals surface area (Å²) in [6, 6.07) is 7.40. The van der Waals surface area contributed by atoms with Crippen LogP contribution in [-0.4, -0.2) is 11.8 Å². The predicted octanol–water partition coefficient (Wildman–Crippen LogP) is 2.93. The third-order valence-electron chi connectivity index (χ3n) is 2.12. The van der Waals surface area contributed by atoms with Crippen molar-refractivity contribution in [2.24, 2.45) is 0 Å². The summed E-state index contributed by atoms with van der Waals surface area (Å²) in [5, 5.41) is 3.47. The molecule has 0 saturated heterocycles. The Morgan fingerprint density at radius 2 is 2.13 bits per heavy atom. The van der Waals surface area contributed by atoms with E-state index >= 15 is 0 Å². The Kier molecular flexibility index (Phi) is 4.00. The molecule has 1 aromatic rings. The molecule has 1 N–H and O–H groups in total. The lowest BCUT2D eigenvalue weighted by molar-refractivity contribution is -0.120. The minimum absolute atomic E-state index is 0.0377. The molecular weight excluding hydrogens is 233 g/mol. The van der Waals surface area contributed by atoms with Crippen LogP contribution in [0.15, 0.2) is 24.3 Å². The van der Waals surface area contributed by atoms with Gasteiger partial charge in [-0.1, -0.05) is 23.7 Å². The molecule has 0 spiro atoms. The Labute approximate surface area is 99.6 Å². The second-order valence-electron chi connectivity index (χ2n) is 3.82. The Morgan fingerprint density at radius 1 is 1.47 bits per heavy atom. The fraction of sp³-hybridized carbons (Fsp3) is 0.364. The molecule has 1 aromatic carbocycles. The zero-order valence-electron chi connectivity index (χ0n) is 8.68. The van der Waals surface area contributed by atoms with Crippen molar-refractivity contribution in [1.82, 2.24) is 5.32 Å². The first-order valence-corrected chi connectivity index (χ1v) is 5.50. The van der Waals surface area contributed by atoms with Crippen molar-refractivity contribution < 1.29 is 4.79 Å². The lowest BCUT2D eigenvalue weighted by atomic mass is 9.94. The Bertz CT molecular complexity index is 363. The van der Waals surface area contributed by atoms with Crippen LogP contribution >= 0.6 is 23.2 Å². The van der Waals surface area contributed by atoms with E-state index in [0.29, 0.717) is 5.02 Å². The lowest BCUT2D eigenvalue weighted by Gasteiger charge is -2.26. The van der Waals surface area contributed by atoms with Crippen molar-refractivity contribution >= 4 is 29.1 Å². The maximum absolute atomic E-state index is 11.2. The molecule has 0 aliphatic rings. The third kappa shape index (κ3) is 3.40. The molecule has 0 fully saturated rings. The molecule has 0 heterocycles. The van der Waals surface area contributed by atoms with Crippen LogP contribution in [0.5, 0.6) is 0 Å². The molecule has 0 unspecified atom stereocenters. The van der Waals surface area contributed by atoms with Gasteiger partial charge in [0.05, 0.1) is 5.54 Å². The summed E-state index contributed by atoms with van der Waals surface area (Å²) in [5.41, 5.74) is 0.491. The van der Waals surface area contributed by atoms with Gasteiger partial charge in [-0.15, -0.1) is 11.6 Å². The van der Waals surface area contributed by atoms with Crippen LogP contribution in [0.25, 0.3) is 0 Å². The monoisotopic (exact) mass is 245 g/mol. The predicted molar refractivity (Wildman–Crippen MR) is 63.3 cm³/mol. The molecule has 0 aromatic heterocycles. The Hall–Kier alpha value is -0.730. The highest BCUT2D eigenvalue weighted by molar-refractivity contribution is 6.30. The van der Waals surface area contributed by atoms with Gasteiger partial charge in [0.25, 0.3) is 0 Å². The molecule has 0 aliphatic carbocycles. The molecule has 82 valence electrons. The van der Waals surface area contributed by atoms with E-state index in [0.717, 1.165) is 5.56 Å². The summed E-state index contributed by atoms with van der Waals surface area (Å²) in [4.78, 5) is 11.2. The number of carbonyl (C=O) groups excluding carboxylic acids is 1. The van der Waals surface area contributed by atoms with E-state index in [1.807, 2.05) is 32.0 Å². The molecule has 1 rings (SSSR count). The van der Waals surface area contributed by atoms with Gasteiger partial charge in [0.2, 0.25) is 5.91 Å². The van der Waals surface area contributed by atoms with E-state index in [2.05, 4.69) is 5.32 Å². The van der Waals surface area contributed by atoms with Gasteiger partial charge in [0, 0.05) is 5.02 Å². The highest BCUT2D eigenvalue weighted by Gasteiger charge is 2.22. The normalized spacial score (nSPS) is 11.2. The molecule has 2 nitrogen and oxygen atoms in total. The van der Waals surface area contributed by atoms with E-state index in [9.17, 15) is 4.79 Å². The number of carbonyl (C=O) groups is 1. The summed E-state index contributed by atoms with van der Waals surface area (Å²) in [6.07, 6.45) is 0. The van der Waals surface area contributed by atoms with E-state index in [4.69, 9.17) is 23.2 Å². The maximum Gasteiger partial charge on any atom is 0.235 e. The highest BCUT2D eigenvalue weighted by atomic mass is 35.5. The average Bonchev–Trinajstić information content (AvgIpc) is 2.17. The Balaban J connectivity index is 2.90. The van der Waals surface area contributed by atoms with Gasteiger partial charge in [0.15, 0.2) is 0 Å². The first kappa shape index (κ1) is 12.3. The van der Waals surface area contributed by atoms with E-state index in [1.54, 1.807) is 6.07 Å². The summed E-state index contributed by atoms with van der Waals surface area (Å²) in [6.45, 7) is 3.81. The first-order chi connectivity index (χ1) is 6.95. The molecule has 0 saturated carbocycles. The summed E-state index contributed by atoms with van der Waals surface area (Å²) < 4.78 is 0. The number of halogens is 2. The first-order valence-electron chi connectivity index (χ1n) is 4.59. The zero-order chi connectivity index (χ0) is 11.5. The number of nitrogens with one attached hydrogen (secondary N) is 1. The fourth-order valence-corrected chi connectivity index (χ4v) is 1.59. The summed E-state index contributed by atoms with van der Waals surface area (Å²) in [7, 11) is 0. The van der Waals surface area contributed by atoms with Gasteiger partial charge in [0.1, 0.15) is 5.88 Å². The van der Waals surface area contributed by atoms with Crippen LogP contribution in [0, 0.1) is 0 Å². The molecule has 0 bridgehead atoms. The van der Waals surface area contributed by atoms with Crippen molar-refractivity contribution in [2.75, 3.05) is 5.88 Å². The molecular formula is C11H13Cl2NO. The highest BCUT2D eigenvalue weighted by Crippen LogP contribution is 2.22. The quantitative estimate of drug-likeness (QED) is 0.816. The van der Waals surface area contributed by atoms with Crippen LogP contribution in [0.4, 0.5) is 0 Å². The minimum Gasteiger partial charge on any atom is -0.346 e.